The molecule has 0 atom stereocenters. The van der Waals surface area contributed by atoms with Crippen molar-refractivity contribution >= 4 is 50.7 Å². The summed E-state index contributed by atoms with van der Waals surface area (Å²) in [5.74, 6) is -0.546. The molecule has 0 spiro atoms. The molecule has 1 saturated heterocycles. The first kappa shape index (κ1) is 25.8. The Balaban J connectivity index is 1.59. The van der Waals surface area contributed by atoms with Gasteiger partial charge in [0.25, 0.3) is 11.1 Å². The van der Waals surface area contributed by atoms with Gasteiger partial charge in [0.2, 0.25) is 5.75 Å². The summed E-state index contributed by atoms with van der Waals surface area (Å²) in [5.41, 5.74) is 3.26. The number of halogens is 1. The molecule has 1 aliphatic heterocycles. The molecular formula is C26H22ClNO6S2. The largest absolute Gasteiger partial charge is 0.493 e. The first-order valence-corrected chi connectivity index (χ1v) is 13.4. The topological polar surface area (TPSA) is 90.0 Å². The fourth-order valence-corrected chi connectivity index (χ4v) is 5.53. The molecule has 7 nitrogen and oxygen atoms in total. The number of methoxy groups -OCH3 is 1. The number of nitrogens with zero attached hydrogens (tertiary/aromatic N) is 1. The minimum Gasteiger partial charge on any atom is -0.493 e. The molecule has 1 heterocycles. The van der Waals surface area contributed by atoms with Crippen LogP contribution in [0.1, 0.15) is 22.3 Å². The predicted octanol–water partition coefficient (Wildman–Crippen LogP) is 5.97. The number of aryl methyl sites for hydroxylation is 2. The standard InChI is InChI=1S/C26H22ClNO6S2/c1-16-4-8-18(9-5-16)15-28-25(29)23(35-26(28)30)14-19-12-21(27)24(22(13-19)33-3)34-36(31,32)20-10-6-17(2)7-11-20/h4-14H,15H2,1-3H3/b23-14-. The van der Waals surface area contributed by atoms with E-state index in [1.165, 1.54) is 42.4 Å². The lowest BCUT2D eigenvalue weighted by atomic mass is 10.1. The van der Waals surface area contributed by atoms with Crippen molar-refractivity contribution in [2.24, 2.45) is 0 Å². The van der Waals surface area contributed by atoms with Crippen LogP contribution in [-0.4, -0.2) is 31.6 Å². The van der Waals surface area contributed by atoms with Crippen molar-refractivity contribution in [1.82, 2.24) is 4.90 Å². The van der Waals surface area contributed by atoms with Gasteiger partial charge in [0.1, 0.15) is 4.90 Å². The summed E-state index contributed by atoms with van der Waals surface area (Å²) in [7, 11) is -2.82. The number of hydrogen-bond acceptors (Lipinski definition) is 7. The van der Waals surface area contributed by atoms with E-state index in [4.69, 9.17) is 20.5 Å². The Morgan fingerprint density at radius 3 is 2.19 bits per heavy atom. The van der Waals surface area contributed by atoms with Crippen molar-refractivity contribution in [2.45, 2.75) is 25.3 Å². The number of imide groups is 1. The van der Waals surface area contributed by atoms with Crippen LogP contribution in [0.5, 0.6) is 11.5 Å². The van der Waals surface area contributed by atoms with Gasteiger partial charge in [-0.05, 0) is 67.1 Å². The molecule has 36 heavy (non-hydrogen) atoms. The van der Waals surface area contributed by atoms with Crippen LogP contribution < -0.4 is 8.92 Å². The summed E-state index contributed by atoms with van der Waals surface area (Å²) in [6, 6.07) is 16.7. The maximum absolute atomic E-state index is 12.9. The van der Waals surface area contributed by atoms with Crippen LogP contribution in [0.3, 0.4) is 0 Å². The van der Waals surface area contributed by atoms with Crippen molar-refractivity contribution in [3.63, 3.8) is 0 Å². The van der Waals surface area contributed by atoms with Crippen LogP contribution in [0.15, 0.2) is 70.5 Å². The van der Waals surface area contributed by atoms with E-state index in [1.54, 1.807) is 12.1 Å². The Kier molecular flexibility index (Phi) is 7.44. The van der Waals surface area contributed by atoms with E-state index in [9.17, 15) is 18.0 Å². The molecule has 0 N–H and O–H groups in total. The minimum atomic E-state index is -4.17. The number of rotatable bonds is 7. The van der Waals surface area contributed by atoms with Crippen molar-refractivity contribution in [1.29, 1.82) is 0 Å². The summed E-state index contributed by atoms with van der Waals surface area (Å²) in [6.45, 7) is 3.96. The summed E-state index contributed by atoms with van der Waals surface area (Å²) in [5, 5.41) is -0.413. The molecule has 0 unspecified atom stereocenters. The van der Waals surface area contributed by atoms with Gasteiger partial charge in [-0.3, -0.25) is 14.5 Å². The van der Waals surface area contributed by atoms with Crippen LogP contribution >= 0.6 is 23.4 Å². The first-order valence-electron chi connectivity index (χ1n) is 10.8. The van der Waals surface area contributed by atoms with Gasteiger partial charge < -0.3 is 8.92 Å². The van der Waals surface area contributed by atoms with Gasteiger partial charge in [0, 0.05) is 0 Å². The number of carbonyl (C=O) groups is 2. The second-order valence-electron chi connectivity index (χ2n) is 8.14. The average molecular weight is 544 g/mol. The second-order valence-corrected chi connectivity index (χ2v) is 11.1. The Morgan fingerprint density at radius 2 is 1.58 bits per heavy atom. The SMILES string of the molecule is COc1cc(/C=C2\SC(=O)N(Cc3ccc(C)cc3)C2=O)cc(Cl)c1OS(=O)(=O)c1ccc(C)cc1. The van der Waals surface area contributed by atoms with E-state index in [0.717, 1.165) is 28.5 Å². The molecule has 0 bridgehead atoms. The minimum absolute atomic E-state index is 0.0300. The molecule has 2 amide bonds. The number of carbonyl (C=O) groups excluding carboxylic acids is 2. The van der Waals surface area contributed by atoms with E-state index in [1.807, 2.05) is 38.1 Å². The molecule has 0 radical (unpaired) electrons. The lowest BCUT2D eigenvalue weighted by Gasteiger charge is -2.14. The van der Waals surface area contributed by atoms with E-state index in [2.05, 4.69) is 0 Å². The van der Waals surface area contributed by atoms with Crippen LogP contribution in [0.25, 0.3) is 6.08 Å². The molecule has 0 aliphatic carbocycles. The number of amides is 2. The summed E-state index contributed by atoms with van der Waals surface area (Å²) in [4.78, 5) is 26.8. The van der Waals surface area contributed by atoms with Gasteiger partial charge in [-0.25, -0.2) is 0 Å². The molecular weight excluding hydrogens is 522 g/mol. The third-order valence-electron chi connectivity index (χ3n) is 5.39. The van der Waals surface area contributed by atoms with E-state index < -0.39 is 16.0 Å². The third-order valence-corrected chi connectivity index (χ3v) is 7.81. The third kappa shape index (κ3) is 5.59. The second kappa shape index (κ2) is 10.4. The van der Waals surface area contributed by atoms with E-state index in [0.29, 0.717) is 5.56 Å². The maximum Gasteiger partial charge on any atom is 0.339 e. The molecule has 0 aromatic heterocycles. The Labute approximate surface area is 218 Å². The highest BCUT2D eigenvalue weighted by Crippen LogP contribution is 2.40. The molecule has 3 aromatic carbocycles. The van der Waals surface area contributed by atoms with Crippen molar-refractivity contribution in [3.05, 3.63) is 92.8 Å². The molecule has 4 rings (SSSR count). The van der Waals surface area contributed by atoms with Crippen molar-refractivity contribution in [3.8, 4) is 11.5 Å². The lowest BCUT2D eigenvalue weighted by Crippen LogP contribution is -2.27. The Bertz CT molecular complexity index is 1470. The Morgan fingerprint density at radius 1 is 0.972 bits per heavy atom. The summed E-state index contributed by atoms with van der Waals surface area (Å²) in [6.07, 6.45) is 1.51. The van der Waals surface area contributed by atoms with E-state index in [-0.39, 0.29) is 38.1 Å². The van der Waals surface area contributed by atoms with Gasteiger partial charge >= 0.3 is 10.1 Å². The van der Waals surface area contributed by atoms with Gasteiger partial charge in [-0.2, -0.15) is 8.42 Å². The number of ether oxygens (including phenoxy) is 1. The highest BCUT2D eigenvalue weighted by Gasteiger charge is 2.35. The fraction of sp³-hybridized carbons (Fsp3) is 0.154. The van der Waals surface area contributed by atoms with Crippen LogP contribution in [0.4, 0.5) is 4.79 Å². The number of benzene rings is 3. The van der Waals surface area contributed by atoms with Crippen LogP contribution in [0, 0.1) is 13.8 Å². The number of thioether (sulfide) groups is 1. The van der Waals surface area contributed by atoms with Gasteiger partial charge in [0.15, 0.2) is 5.75 Å². The maximum atomic E-state index is 12.9. The van der Waals surface area contributed by atoms with Crippen LogP contribution in [0.2, 0.25) is 5.02 Å². The molecule has 3 aromatic rings. The monoisotopic (exact) mass is 543 g/mol. The van der Waals surface area contributed by atoms with Crippen LogP contribution in [-0.2, 0) is 21.5 Å². The van der Waals surface area contributed by atoms with Gasteiger partial charge in [-0.1, -0.05) is 59.1 Å². The summed E-state index contributed by atoms with van der Waals surface area (Å²) < 4.78 is 36.1. The smallest absolute Gasteiger partial charge is 0.339 e. The highest BCUT2D eigenvalue weighted by molar-refractivity contribution is 8.18. The van der Waals surface area contributed by atoms with E-state index >= 15 is 0 Å². The molecule has 10 heteroatoms. The quantitative estimate of drug-likeness (QED) is 0.268. The Hall–Kier alpha value is -3.27. The molecule has 0 saturated carbocycles. The molecule has 1 fully saturated rings. The molecule has 186 valence electrons. The fourth-order valence-electron chi connectivity index (χ4n) is 3.43. The van der Waals surface area contributed by atoms with Crippen molar-refractivity contribution < 1.29 is 26.9 Å². The average Bonchev–Trinajstić information content (AvgIpc) is 3.09. The summed E-state index contributed by atoms with van der Waals surface area (Å²) >= 11 is 7.18. The zero-order valence-electron chi connectivity index (χ0n) is 19.6. The zero-order chi connectivity index (χ0) is 26.0. The molecule has 1 aliphatic rings. The predicted molar refractivity (Wildman–Crippen MR) is 140 cm³/mol. The first-order chi connectivity index (χ1) is 17.1. The number of hydrogen-bond donors (Lipinski definition) is 0. The lowest BCUT2D eigenvalue weighted by molar-refractivity contribution is -0.123. The van der Waals surface area contributed by atoms with Gasteiger partial charge in [0.05, 0.1) is 23.6 Å². The van der Waals surface area contributed by atoms with Crippen molar-refractivity contribution in [2.75, 3.05) is 7.11 Å². The zero-order valence-corrected chi connectivity index (χ0v) is 22.0. The highest BCUT2D eigenvalue weighted by atomic mass is 35.5. The van der Waals surface area contributed by atoms with Gasteiger partial charge in [-0.15, -0.1) is 0 Å². The normalized spacial score (nSPS) is 15.0.